The van der Waals surface area contributed by atoms with Crippen molar-refractivity contribution >= 4 is 11.4 Å². The van der Waals surface area contributed by atoms with Crippen LogP contribution >= 0.6 is 0 Å². The van der Waals surface area contributed by atoms with E-state index >= 15 is 0 Å². The summed E-state index contributed by atoms with van der Waals surface area (Å²) >= 11 is 0. The molecule has 4 aromatic rings. The van der Waals surface area contributed by atoms with Gasteiger partial charge in [-0.2, -0.15) is 0 Å². The van der Waals surface area contributed by atoms with E-state index in [-0.39, 0.29) is 11.5 Å². The van der Waals surface area contributed by atoms with E-state index in [0.29, 0.717) is 18.7 Å². The summed E-state index contributed by atoms with van der Waals surface area (Å²) in [6.07, 6.45) is 5.85. The Bertz CT molecular complexity index is 1160. The lowest BCUT2D eigenvalue weighted by Gasteiger charge is -2.12. The van der Waals surface area contributed by atoms with Crippen molar-refractivity contribution in [1.82, 2.24) is 9.55 Å². The molecule has 0 amide bonds. The quantitative estimate of drug-likeness (QED) is 0.344. The largest absolute Gasteiger partial charge is 0.375 e. The van der Waals surface area contributed by atoms with Gasteiger partial charge in [-0.15, -0.1) is 0 Å². The highest BCUT2D eigenvalue weighted by molar-refractivity contribution is 5.63. The second kappa shape index (κ2) is 8.57. The van der Waals surface area contributed by atoms with E-state index in [0.717, 1.165) is 22.4 Å². The lowest BCUT2D eigenvalue weighted by molar-refractivity contribution is -0.384. The van der Waals surface area contributed by atoms with Crippen LogP contribution in [0.4, 0.5) is 15.8 Å². The van der Waals surface area contributed by atoms with Crippen molar-refractivity contribution in [1.29, 1.82) is 0 Å². The predicted octanol–water partition coefficient (Wildman–Crippen LogP) is 5.12. The molecule has 0 spiro atoms. The number of rotatable bonds is 7. The normalized spacial score (nSPS) is 10.7. The molecule has 0 radical (unpaired) electrons. The maximum Gasteiger partial charge on any atom is 0.292 e. The topological polar surface area (TPSA) is 73.0 Å². The summed E-state index contributed by atoms with van der Waals surface area (Å²) in [6.45, 7) is 0.365. The van der Waals surface area contributed by atoms with Crippen molar-refractivity contribution in [2.45, 2.75) is 13.0 Å². The van der Waals surface area contributed by atoms with Crippen LogP contribution in [0.25, 0.3) is 5.69 Å². The molecule has 0 bridgehead atoms. The fourth-order valence-corrected chi connectivity index (χ4v) is 3.32. The first kappa shape index (κ1) is 19.3. The molecule has 30 heavy (non-hydrogen) atoms. The van der Waals surface area contributed by atoms with Gasteiger partial charge in [0.05, 0.1) is 11.3 Å². The van der Waals surface area contributed by atoms with Crippen LogP contribution < -0.4 is 5.32 Å². The molecule has 0 aliphatic rings. The number of hydrogen-bond donors (Lipinski definition) is 1. The first-order valence-corrected chi connectivity index (χ1v) is 9.42. The SMILES string of the molecule is O=[N+]([O-])c1cc(Cc2ccccc2-n2ccnc2)ccc1NCc1ccc(F)cc1. The molecule has 0 fully saturated rings. The Balaban J connectivity index is 1.57. The first-order chi connectivity index (χ1) is 14.6. The van der Waals surface area contributed by atoms with Crippen LogP contribution in [-0.2, 0) is 13.0 Å². The van der Waals surface area contributed by atoms with Crippen molar-refractivity contribution in [3.63, 3.8) is 0 Å². The average Bonchev–Trinajstić information content (AvgIpc) is 3.29. The van der Waals surface area contributed by atoms with Crippen LogP contribution in [0.3, 0.4) is 0 Å². The molecule has 0 saturated carbocycles. The monoisotopic (exact) mass is 402 g/mol. The summed E-state index contributed by atoms with van der Waals surface area (Å²) in [5, 5.41) is 14.7. The highest BCUT2D eigenvalue weighted by Gasteiger charge is 2.15. The number of imidazole rings is 1. The fourth-order valence-electron chi connectivity index (χ4n) is 3.32. The van der Waals surface area contributed by atoms with E-state index in [4.69, 9.17) is 0 Å². The van der Waals surface area contributed by atoms with Crippen LogP contribution in [-0.4, -0.2) is 14.5 Å². The van der Waals surface area contributed by atoms with Crippen molar-refractivity contribution in [2.24, 2.45) is 0 Å². The molecule has 4 rings (SSSR count). The molecule has 7 heteroatoms. The minimum Gasteiger partial charge on any atom is -0.375 e. The van der Waals surface area contributed by atoms with Crippen LogP contribution in [0, 0.1) is 15.9 Å². The number of para-hydroxylation sites is 1. The Labute approximate surface area is 172 Å². The smallest absolute Gasteiger partial charge is 0.292 e. The van der Waals surface area contributed by atoms with E-state index < -0.39 is 4.92 Å². The van der Waals surface area contributed by atoms with Gasteiger partial charge < -0.3 is 9.88 Å². The number of nitrogens with one attached hydrogen (secondary N) is 1. The van der Waals surface area contributed by atoms with Gasteiger partial charge in [0.2, 0.25) is 0 Å². The van der Waals surface area contributed by atoms with Crippen LogP contribution in [0.15, 0.2) is 85.5 Å². The molecule has 0 aliphatic heterocycles. The van der Waals surface area contributed by atoms with Gasteiger partial charge in [0.25, 0.3) is 5.69 Å². The van der Waals surface area contributed by atoms with E-state index in [9.17, 15) is 14.5 Å². The zero-order valence-corrected chi connectivity index (χ0v) is 16.0. The summed E-state index contributed by atoms with van der Waals surface area (Å²) in [6, 6.07) is 19.1. The van der Waals surface area contributed by atoms with Gasteiger partial charge in [-0.1, -0.05) is 36.4 Å². The Morgan fingerprint density at radius 3 is 2.53 bits per heavy atom. The first-order valence-electron chi connectivity index (χ1n) is 9.42. The Morgan fingerprint density at radius 2 is 1.80 bits per heavy atom. The summed E-state index contributed by atoms with van der Waals surface area (Å²) in [7, 11) is 0. The van der Waals surface area contributed by atoms with E-state index in [1.54, 1.807) is 36.8 Å². The summed E-state index contributed by atoms with van der Waals surface area (Å²) in [5.74, 6) is -0.315. The van der Waals surface area contributed by atoms with Crippen molar-refractivity contribution in [2.75, 3.05) is 5.32 Å². The third kappa shape index (κ3) is 4.35. The highest BCUT2D eigenvalue weighted by atomic mass is 19.1. The molecule has 0 aliphatic carbocycles. The number of hydrogen-bond acceptors (Lipinski definition) is 4. The minimum absolute atomic E-state index is 0.00900. The van der Waals surface area contributed by atoms with Crippen LogP contribution in [0.1, 0.15) is 16.7 Å². The Hall–Kier alpha value is -4.00. The molecule has 150 valence electrons. The molecule has 0 saturated heterocycles. The molecular weight excluding hydrogens is 383 g/mol. The molecule has 0 atom stereocenters. The standard InChI is InChI=1S/C23H19FN4O2/c24-20-8-5-17(6-9-20)15-26-21-10-7-18(14-23(21)28(29)30)13-19-3-1-2-4-22(19)27-12-11-25-16-27/h1-12,14,16,26H,13,15H2. The number of anilines is 1. The maximum atomic E-state index is 13.0. The minimum atomic E-state index is -0.391. The summed E-state index contributed by atoms with van der Waals surface area (Å²) in [4.78, 5) is 15.3. The fraction of sp³-hybridized carbons (Fsp3) is 0.0870. The third-order valence-electron chi connectivity index (χ3n) is 4.82. The number of nitrogens with zero attached hydrogens (tertiary/aromatic N) is 3. The lowest BCUT2D eigenvalue weighted by atomic mass is 10.0. The van der Waals surface area contributed by atoms with E-state index in [1.807, 2.05) is 41.1 Å². The molecule has 1 N–H and O–H groups in total. The van der Waals surface area contributed by atoms with Gasteiger partial charge >= 0.3 is 0 Å². The van der Waals surface area contributed by atoms with Gasteiger partial charge in [-0.25, -0.2) is 9.37 Å². The molecular formula is C23H19FN4O2. The van der Waals surface area contributed by atoms with Gasteiger partial charge in [-0.3, -0.25) is 10.1 Å². The van der Waals surface area contributed by atoms with E-state index in [1.165, 1.54) is 12.1 Å². The van der Waals surface area contributed by atoms with E-state index in [2.05, 4.69) is 10.3 Å². The van der Waals surface area contributed by atoms with Crippen LogP contribution in [0.5, 0.6) is 0 Å². The number of halogens is 1. The molecule has 6 nitrogen and oxygen atoms in total. The Morgan fingerprint density at radius 1 is 1.03 bits per heavy atom. The van der Waals surface area contributed by atoms with Crippen molar-refractivity contribution in [3.05, 3.63) is 118 Å². The highest BCUT2D eigenvalue weighted by Crippen LogP contribution is 2.28. The summed E-state index contributed by atoms with van der Waals surface area (Å²) in [5.41, 5.74) is 4.13. The van der Waals surface area contributed by atoms with Crippen molar-refractivity contribution in [3.8, 4) is 5.69 Å². The van der Waals surface area contributed by atoms with Crippen molar-refractivity contribution < 1.29 is 9.31 Å². The number of benzene rings is 3. The third-order valence-corrected chi connectivity index (χ3v) is 4.82. The average molecular weight is 402 g/mol. The second-order valence-corrected chi connectivity index (χ2v) is 6.86. The number of nitro benzene ring substituents is 1. The van der Waals surface area contributed by atoms with Gasteiger partial charge in [0.15, 0.2) is 0 Å². The predicted molar refractivity (Wildman–Crippen MR) is 113 cm³/mol. The number of nitro groups is 1. The molecule has 1 aromatic heterocycles. The van der Waals surface area contributed by atoms with Gasteiger partial charge in [0, 0.05) is 30.7 Å². The Kier molecular flexibility index (Phi) is 5.52. The maximum absolute atomic E-state index is 13.0. The molecule has 0 unspecified atom stereocenters. The molecule has 1 heterocycles. The summed E-state index contributed by atoms with van der Waals surface area (Å²) < 4.78 is 15.0. The zero-order chi connectivity index (χ0) is 20.9. The lowest BCUT2D eigenvalue weighted by Crippen LogP contribution is -2.04. The van der Waals surface area contributed by atoms with Crippen LogP contribution in [0.2, 0.25) is 0 Å². The number of aromatic nitrogens is 2. The van der Waals surface area contributed by atoms with Gasteiger partial charge in [0.1, 0.15) is 11.5 Å². The molecule has 3 aromatic carbocycles. The van der Waals surface area contributed by atoms with Gasteiger partial charge in [-0.05, 0) is 47.4 Å². The zero-order valence-electron chi connectivity index (χ0n) is 16.0. The second-order valence-electron chi connectivity index (χ2n) is 6.86.